The maximum atomic E-state index is 13.4. The number of anilines is 1. The van der Waals surface area contributed by atoms with Gasteiger partial charge in [0.25, 0.3) is 0 Å². The normalized spacial score (nSPS) is 21.3. The first kappa shape index (κ1) is 24.9. The topological polar surface area (TPSA) is 69.2 Å². The van der Waals surface area contributed by atoms with Crippen LogP contribution in [0.3, 0.4) is 0 Å². The van der Waals surface area contributed by atoms with Crippen LogP contribution in [0.1, 0.15) is 12.8 Å². The van der Waals surface area contributed by atoms with Crippen LogP contribution in [0, 0.1) is 11.7 Å². The number of benzene rings is 1. The van der Waals surface area contributed by atoms with Gasteiger partial charge < -0.3 is 25.2 Å². The number of aliphatic imine (C=N–C) groups is 1. The molecule has 0 radical (unpaired) electrons. The molecule has 0 spiro atoms. The molecule has 0 bridgehead atoms. The van der Waals surface area contributed by atoms with E-state index < -0.39 is 5.82 Å². The number of carbonyl (C=O) groups excluding carboxylic acids is 1. The Bertz CT molecular complexity index is 746. The summed E-state index contributed by atoms with van der Waals surface area (Å²) < 4.78 is 18.9. The van der Waals surface area contributed by atoms with Gasteiger partial charge in [-0.2, -0.15) is 0 Å². The summed E-state index contributed by atoms with van der Waals surface area (Å²) >= 11 is 5.92. The largest absolute Gasteiger partial charge is 0.381 e. The highest BCUT2D eigenvalue weighted by molar-refractivity contribution is 14.0. The number of hydrogen-bond acceptors (Lipinski definition) is 4. The van der Waals surface area contributed by atoms with E-state index in [0.717, 1.165) is 51.4 Å². The van der Waals surface area contributed by atoms with E-state index in [9.17, 15) is 9.18 Å². The number of halogens is 3. The monoisotopic (exact) mass is 553 g/mol. The molecule has 2 atom stereocenters. The second-order valence-electron chi connectivity index (χ2n) is 7.74. The van der Waals surface area contributed by atoms with Crippen LogP contribution in [0.2, 0.25) is 5.02 Å². The van der Waals surface area contributed by atoms with Crippen molar-refractivity contribution >= 4 is 53.1 Å². The fourth-order valence-electron chi connectivity index (χ4n) is 3.41. The van der Waals surface area contributed by atoms with Crippen LogP contribution in [0.5, 0.6) is 0 Å². The summed E-state index contributed by atoms with van der Waals surface area (Å²) in [5.74, 6) is 0.623. The molecular formula is C20H30ClFIN5O2. The fraction of sp³-hybridized carbons (Fsp3) is 0.600. The number of guanidine groups is 1. The molecule has 0 aliphatic carbocycles. The average molecular weight is 554 g/mol. The lowest BCUT2D eigenvalue weighted by molar-refractivity contribution is -0.127. The standard InChI is InChI=1S/C20H29ClFN5O2.HI/c1-26(2)19(28)11-24-20(23-10-14-6-8-29-13-14)25-15-5-7-27(12-15)16-3-4-18(22)17(21)9-16;/h3-4,9,14-15H,5-8,10-13H2,1-2H3,(H2,23,24,25);1H. The molecule has 2 aliphatic rings. The quantitative estimate of drug-likeness (QED) is 0.322. The van der Waals surface area contributed by atoms with Gasteiger partial charge in [-0.05, 0) is 31.0 Å². The first-order valence-corrected chi connectivity index (χ1v) is 10.3. The molecule has 7 nitrogen and oxygen atoms in total. The first-order chi connectivity index (χ1) is 13.9. The van der Waals surface area contributed by atoms with E-state index >= 15 is 0 Å². The first-order valence-electron chi connectivity index (χ1n) is 9.95. The second kappa shape index (κ2) is 11.9. The van der Waals surface area contributed by atoms with Crippen molar-refractivity contribution in [2.75, 3.05) is 58.4 Å². The van der Waals surface area contributed by atoms with Gasteiger partial charge in [0.1, 0.15) is 12.4 Å². The average Bonchev–Trinajstić information content (AvgIpc) is 3.37. The molecule has 2 N–H and O–H groups in total. The third-order valence-electron chi connectivity index (χ3n) is 5.25. The second-order valence-corrected chi connectivity index (χ2v) is 8.15. The van der Waals surface area contributed by atoms with Crippen molar-refractivity contribution in [2.24, 2.45) is 10.9 Å². The molecular weight excluding hydrogens is 524 g/mol. The van der Waals surface area contributed by atoms with Gasteiger partial charge in [0.15, 0.2) is 5.96 Å². The van der Waals surface area contributed by atoms with E-state index in [1.54, 1.807) is 26.2 Å². The van der Waals surface area contributed by atoms with E-state index in [4.69, 9.17) is 16.3 Å². The minimum atomic E-state index is -0.413. The number of hydrogen-bond donors (Lipinski definition) is 2. The smallest absolute Gasteiger partial charge is 0.243 e. The van der Waals surface area contributed by atoms with E-state index in [-0.39, 0.29) is 47.5 Å². The molecule has 3 rings (SSSR count). The molecule has 0 saturated carbocycles. The third-order valence-corrected chi connectivity index (χ3v) is 5.54. The number of nitrogens with zero attached hydrogens (tertiary/aromatic N) is 3. The Kier molecular flexibility index (Phi) is 9.89. The number of amides is 1. The van der Waals surface area contributed by atoms with E-state index in [1.165, 1.54) is 11.0 Å². The molecule has 10 heteroatoms. The Morgan fingerprint density at radius 1 is 1.40 bits per heavy atom. The summed E-state index contributed by atoms with van der Waals surface area (Å²) in [6, 6.07) is 4.96. The Morgan fingerprint density at radius 3 is 2.87 bits per heavy atom. The minimum absolute atomic E-state index is 0. The Balaban J connectivity index is 0.00000320. The Labute approximate surface area is 199 Å². The number of rotatable bonds is 6. The maximum absolute atomic E-state index is 13.4. The van der Waals surface area contributed by atoms with Gasteiger partial charge in [0.05, 0.1) is 11.6 Å². The zero-order valence-electron chi connectivity index (χ0n) is 17.4. The van der Waals surface area contributed by atoms with Crippen molar-refractivity contribution in [3.05, 3.63) is 29.0 Å². The molecule has 2 aliphatic heterocycles. The minimum Gasteiger partial charge on any atom is -0.381 e. The Hall–Kier alpha value is -1.33. The number of likely N-dealkylation sites (N-methyl/N-ethyl adjacent to an activating group) is 1. The van der Waals surface area contributed by atoms with Gasteiger partial charge in [-0.1, -0.05) is 11.6 Å². The molecule has 1 aromatic carbocycles. The SMILES string of the molecule is CN(C)C(=O)CN=C(NCC1CCOC1)NC1CCN(c2ccc(F)c(Cl)c2)C1.I. The zero-order valence-corrected chi connectivity index (χ0v) is 20.5. The predicted molar refractivity (Wildman–Crippen MR) is 129 cm³/mol. The van der Waals surface area contributed by atoms with Gasteiger partial charge in [-0.3, -0.25) is 4.79 Å². The number of nitrogens with one attached hydrogen (secondary N) is 2. The summed E-state index contributed by atoms with van der Waals surface area (Å²) in [6.07, 6.45) is 1.93. The molecule has 0 aromatic heterocycles. The van der Waals surface area contributed by atoms with Crippen LogP contribution in [0.25, 0.3) is 0 Å². The molecule has 2 saturated heterocycles. The summed E-state index contributed by atoms with van der Waals surface area (Å²) in [5.41, 5.74) is 0.901. The van der Waals surface area contributed by atoms with E-state index in [1.807, 2.05) is 0 Å². The number of carbonyl (C=O) groups is 1. The molecule has 168 valence electrons. The van der Waals surface area contributed by atoms with Crippen LogP contribution in [-0.2, 0) is 9.53 Å². The lowest BCUT2D eigenvalue weighted by atomic mass is 10.1. The molecule has 2 heterocycles. The maximum Gasteiger partial charge on any atom is 0.243 e. The van der Waals surface area contributed by atoms with Crippen LogP contribution < -0.4 is 15.5 Å². The summed E-state index contributed by atoms with van der Waals surface area (Å²) in [6.45, 7) is 3.97. The van der Waals surface area contributed by atoms with Gasteiger partial charge in [-0.15, -0.1) is 24.0 Å². The van der Waals surface area contributed by atoms with Crippen molar-refractivity contribution < 1.29 is 13.9 Å². The highest BCUT2D eigenvalue weighted by atomic mass is 127. The van der Waals surface area contributed by atoms with E-state index in [0.29, 0.717) is 11.9 Å². The highest BCUT2D eigenvalue weighted by Gasteiger charge is 2.25. The fourth-order valence-corrected chi connectivity index (χ4v) is 3.59. The lowest BCUT2D eigenvalue weighted by Crippen LogP contribution is -2.46. The zero-order chi connectivity index (χ0) is 20.8. The van der Waals surface area contributed by atoms with Crippen LogP contribution in [0.4, 0.5) is 10.1 Å². The molecule has 1 aromatic rings. The van der Waals surface area contributed by atoms with Gasteiger partial charge in [0, 0.05) is 58.0 Å². The Morgan fingerprint density at radius 2 is 2.20 bits per heavy atom. The van der Waals surface area contributed by atoms with Crippen LogP contribution in [0.15, 0.2) is 23.2 Å². The van der Waals surface area contributed by atoms with Crippen molar-refractivity contribution in [3.8, 4) is 0 Å². The molecule has 1 amide bonds. The summed E-state index contributed by atoms with van der Waals surface area (Å²) in [5, 5.41) is 6.92. The van der Waals surface area contributed by atoms with Gasteiger partial charge in [-0.25, -0.2) is 9.38 Å². The lowest BCUT2D eigenvalue weighted by Gasteiger charge is -2.21. The highest BCUT2D eigenvalue weighted by Crippen LogP contribution is 2.25. The van der Waals surface area contributed by atoms with Gasteiger partial charge >= 0.3 is 0 Å². The third kappa shape index (κ3) is 7.12. The van der Waals surface area contributed by atoms with Crippen molar-refractivity contribution in [1.29, 1.82) is 0 Å². The van der Waals surface area contributed by atoms with E-state index in [2.05, 4.69) is 20.5 Å². The summed E-state index contributed by atoms with van der Waals surface area (Å²) in [7, 11) is 3.44. The molecule has 2 fully saturated rings. The van der Waals surface area contributed by atoms with Crippen LogP contribution >= 0.6 is 35.6 Å². The van der Waals surface area contributed by atoms with Crippen LogP contribution in [-0.4, -0.2) is 76.3 Å². The number of ether oxygens (including phenoxy) is 1. The molecule has 30 heavy (non-hydrogen) atoms. The van der Waals surface area contributed by atoms with Crippen molar-refractivity contribution in [3.63, 3.8) is 0 Å². The predicted octanol–water partition coefficient (Wildman–Crippen LogP) is 2.34. The summed E-state index contributed by atoms with van der Waals surface area (Å²) in [4.78, 5) is 20.1. The van der Waals surface area contributed by atoms with Crippen molar-refractivity contribution in [2.45, 2.75) is 18.9 Å². The van der Waals surface area contributed by atoms with Crippen molar-refractivity contribution in [1.82, 2.24) is 15.5 Å². The molecule has 2 unspecified atom stereocenters. The van der Waals surface area contributed by atoms with Gasteiger partial charge in [0.2, 0.25) is 5.91 Å².